The molecule has 0 saturated heterocycles. The Hall–Kier alpha value is -4.19. The van der Waals surface area contributed by atoms with Crippen molar-refractivity contribution in [1.82, 2.24) is 24.5 Å². The van der Waals surface area contributed by atoms with Gasteiger partial charge in [-0.15, -0.1) is 0 Å². The zero-order valence-electron chi connectivity index (χ0n) is 20.4. The summed E-state index contributed by atoms with van der Waals surface area (Å²) in [6.07, 6.45) is 18.5. The minimum atomic E-state index is -0.327. The van der Waals surface area contributed by atoms with Crippen molar-refractivity contribution in [3.8, 4) is 28.3 Å². The fraction of sp³-hybridized carbons (Fsp3) is 0.233. The lowest BCUT2D eigenvalue weighted by molar-refractivity contribution is 0.0809. The minimum Gasteiger partial charge on any atom is -0.305 e. The number of fused-ring (bicyclic) bond motifs is 1. The number of hydrogen-bond acceptors (Lipinski definition) is 5. The number of aryl methyl sites for hydroxylation is 1. The van der Waals surface area contributed by atoms with E-state index in [0.717, 1.165) is 64.5 Å². The van der Waals surface area contributed by atoms with Crippen molar-refractivity contribution < 1.29 is 4.79 Å². The van der Waals surface area contributed by atoms with Crippen LogP contribution in [-0.2, 0) is 6.42 Å². The van der Waals surface area contributed by atoms with Gasteiger partial charge in [0.05, 0.1) is 34.8 Å². The van der Waals surface area contributed by atoms with Crippen LogP contribution in [0.4, 0.5) is 0 Å². The third-order valence-corrected chi connectivity index (χ3v) is 7.11. The van der Waals surface area contributed by atoms with E-state index in [1.807, 2.05) is 61.4 Å². The average molecular weight is 474 g/mol. The van der Waals surface area contributed by atoms with Crippen molar-refractivity contribution in [1.29, 1.82) is 0 Å². The highest BCUT2D eigenvalue weighted by atomic mass is 16.1. The van der Waals surface area contributed by atoms with Crippen LogP contribution in [0.1, 0.15) is 54.4 Å². The maximum atomic E-state index is 12.8. The number of carbonyl (C=O) groups is 1. The van der Waals surface area contributed by atoms with E-state index >= 15 is 0 Å². The molecule has 0 fully saturated rings. The van der Waals surface area contributed by atoms with Crippen LogP contribution in [0.5, 0.6) is 0 Å². The smallest absolute Gasteiger partial charge is 0.170 e. The first-order valence-electron chi connectivity index (χ1n) is 12.3. The molecule has 36 heavy (non-hydrogen) atoms. The van der Waals surface area contributed by atoms with Gasteiger partial charge in [-0.3, -0.25) is 19.7 Å². The molecule has 0 spiro atoms. The summed E-state index contributed by atoms with van der Waals surface area (Å²) >= 11 is 0. The van der Waals surface area contributed by atoms with E-state index in [1.165, 1.54) is 0 Å². The lowest BCUT2D eigenvalue weighted by Crippen LogP contribution is -2.31. The van der Waals surface area contributed by atoms with E-state index in [9.17, 15) is 4.79 Å². The number of aromatic nitrogens is 5. The molecule has 0 bridgehead atoms. The Bertz CT molecular complexity index is 1510. The van der Waals surface area contributed by atoms with Gasteiger partial charge >= 0.3 is 0 Å². The highest BCUT2D eigenvalue weighted by Gasteiger charge is 2.35. The number of carbonyl (C=O) groups excluding carboxylic acids is 1. The molecule has 0 aliphatic heterocycles. The van der Waals surface area contributed by atoms with Crippen LogP contribution >= 0.6 is 0 Å². The Morgan fingerprint density at radius 3 is 2.75 bits per heavy atom. The van der Waals surface area contributed by atoms with Gasteiger partial charge in [-0.05, 0) is 55.7 Å². The van der Waals surface area contributed by atoms with Gasteiger partial charge in [0.1, 0.15) is 5.69 Å². The van der Waals surface area contributed by atoms with Gasteiger partial charge in [0.25, 0.3) is 0 Å². The second kappa shape index (κ2) is 8.79. The van der Waals surface area contributed by atoms with Crippen LogP contribution in [0.3, 0.4) is 0 Å². The van der Waals surface area contributed by atoms with Crippen LogP contribution in [0.2, 0.25) is 0 Å². The number of ketones is 1. The molecule has 0 saturated carbocycles. The molecular formula is C30H27N5O. The fourth-order valence-electron chi connectivity index (χ4n) is 4.88. The highest BCUT2D eigenvalue weighted by Crippen LogP contribution is 2.35. The van der Waals surface area contributed by atoms with E-state index in [4.69, 9.17) is 9.97 Å². The second-order valence-corrected chi connectivity index (χ2v) is 10.1. The summed E-state index contributed by atoms with van der Waals surface area (Å²) in [6, 6.07) is 12.0. The first kappa shape index (κ1) is 22.3. The summed E-state index contributed by atoms with van der Waals surface area (Å²) in [4.78, 5) is 31.6. The summed E-state index contributed by atoms with van der Waals surface area (Å²) in [7, 11) is 0. The zero-order valence-corrected chi connectivity index (χ0v) is 20.4. The van der Waals surface area contributed by atoms with Gasteiger partial charge in [-0.25, -0.2) is 4.98 Å². The number of imidazole rings is 1. The summed E-state index contributed by atoms with van der Waals surface area (Å²) in [5.41, 5.74) is 6.68. The van der Waals surface area contributed by atoms with Crippen LogP contribution < -0.4 is 0 Å². The maximum Gasteiger partial charge on any atom is 0.170 e. The molecule has 4 heterocycles. The number of Topliss-reactive ketones (excluding diaryl/α,β-unsaturated/α-hetero) is 1. The molecule has 6 rings (SSSR count). The van der Waals surface area contributed by atoms with Gasteiger partial charge < -0.3 is 4.57 Å². The third-order valence-electron chi connectivity index (χ3n) is 7.11. The van der Waals surface area contributed by atoms with Gasteiger partial charge in [-0.2, -0.15) is 0 Å². The molecule has 1 atom stereocenters. The molecular weight excluding hydrogens is 446 g/mol. The molecule has 6 heteroatoms. The van der Waals surface area contributed by atoms with Gasteiger partial charge in [0.15, 0.2) is 5.78 Å². The van der Waals surface area contributed by atoms with Gasteiger partial charge in [-0.1, -0.05) is 38.2 Å². The number of rotatable bonds is 4. The maximum absolute atomic E-state index is 12.8. The van der Waals surface area contributed by atoms with Crippen LogP contribution in [-0.4, -0.2) is 30.3 Å². The lowest BCUT2D eigenvalue weighted by Gasteiger charge is -2.28. The second-order valence-electron chi connectivity index (χ2n) is 10.1. The quantitative estimate of drug-likeness (QED) is 0.356. The zero-order chi connectivity index (χ0) is 24.7. The van der Waals surface area contributed by atoms with Crippen molar-refractivity contribution in [3.05, 3.63) is 103 Å². The Morgan fingerprint density at radius 1 is 1.03 bits per heavy atom. The Labute approximate surface area is 210 Å². The van der Waals surface area contributed by atoms with Crippen LogP contribution in [0, 0.1) is 5.41 Å². The lowest BCUT2D eigenvalue weighted by atomic mass is 9.75. The number of pyridine rings is 3. The van der Waals surface area contributed by atoms with Crippen molar-refractivity contribution in [2.75, 3.05) is 0 Å². The topological polar surface area (TPSA) is 73.6 Å². The van der Waals surface area contributed by atoms with Crippen LogP contribution in [0.25, 0.3) is 28.3 Å². The summed E-state index contributed by atoms with van der Waals surface area (Å²) in [5, 5.41) is 0. The average Bonchev–Trinajstić information content (AvgIpc) is 3.42. The van der Waals surface area contributed by atoms with E-state index in [2.05, 4.69) is 46.4 Å². The third kappa shape index (κ3) is 4.09. The molecule has 2 aliphatic carbocycles. The number of hydrogen-bond donors (Lipinski definition) is 0. The minimum absolute atomic E-state index is 0.173. The summed E-state index contributed by atoms with van der Waals surface area (Å²) < 4.78 is 2.01. The van der Waals surface area contributed by atoms with E-state index in [-0.39, 0.29) is 17.1 Å². The van der Waals surface area contributed by atoms with E-state index in [1.54, 1.807) is 6.20 Å². The molecule has 0 radical (unpaired) electrons. The number of allylic oxidation sites excluding steroid dienone is 4. The summed E-state index contributed by atoms with van der Waals surface area (Å²) in [6.45, 7) is 4.02. The first-order valence-corrected chi connectivity index (χ1v) is 12.3. The molecule has 0 aromatic carbocycles. The molecule has 4 aromatic heterocycles. The molecule has 6 nitrogen and oxygen atoms in total. The normalized spacial score (nSPS) is 18.3. The predicted molar refractivity (Wildman–Crippen MR) is 140 cm³/mol. The van der Waals surface area contributed by atoms with Crippen LogP contribution in [0.15, 0.2) is 85.6 Å². The predicted octanol–water partition coefficient (Wildman–Crippen LogP) is 6.15. The fourth-order valence-corrected chi connectivity index (χ4v) is 4.88. The Kier molecular flexibility index (Phi) is 5.44. The van der Waals surface area contributed by atoms with Crippen molar-refractivity contribution in [2.24, 2.45) is 5.41 Å². The molecule has 0 amide bonds. The van der Waals surface area contributed by atoms with E-state index in [0.29, 0.717) is 0 Å². The monoisotopic (exact) mass is 473 g/mol. The summed E-state index contributed by atoms with van der Waals surface area (Å²) in [5.74, 6) is 0.393. The van der Waals surface area contributed by atoms with Crippen molar-refractivity contribution >= 4 is 5.78 Å². The Morgan fingerprint density at radius 2 is 1.94 bits per heavy atom. The molecule has 4 aromatic rings. The van der Waals surface area contributed by atoms with Gasteiger partial charge in [0, 0.05) is 41.1 Å². The number of nitrogens with zero attached hydrogens (tertiary/aromatic N) is 5. The SMILES string of the molecule is CC1(C)CCc2nc(-c3cn(-c4cc(-c5cccnc5)nc(C5C=CC=CC5)c4)cn3)ccc2C1=O. The standard InChI is InChI=1S/C30H27N5O/c1-30(2)13-12-24-23(29(30)36)10-11-25(33-24)28-18-35(19-32-28)22-15-26(20-7-4-3-5-8-20)34-27(16-22)21-9-6-14-31-17-21/h3-7,9-11,14-20H,8,12-13H2,1-2H3. The molecule has 2 aliphatic rings. The van der Waals surface area contributed by atoms with Crippen molar-refractivity contribution in [2.45, 2.75) is 39.0 Å². The Balaban J connectivity index is 1.38. The largest absolute Gasteiger partial charge is 0.305 e. The van der Waals surface area contributed by atoms with Gasteiger partial charge in [0.2, 0.25) is 0 Å². The van der Waals surface area contributed by atoms with E-state index < -0.39 is 0 Å². The molecule has 0 N–H and O–H groups in total. The molecule has 1 unspecified atom stereocenters. The first-order chi connectivity index (χ1) is 17.5. The molecule has 178 valence electrons. The van der Waals surface area contributed by atoms with Crippen molar-refractivity contribution in [3.63, 3.8) is 0 Å². The highest BCUT2D eigenvalue weighted by molar-refractivity contribution is 6.02.